The van der Waals surface area contributed by atoms with Crippen LogP contribution in [0, 0.1) is 5.92 Å². The van der Waals surface area contributed by atoms with E-state index in [1.54, 1.807) is 16.9 Å². The van der Waals surface area contributed by atoms with Gasteiger partial charge in [0.15, 0.2) is 17.4 Å². The summed E-state index contributed by atoms with van der Waals surface area (Å²) >= 11 is 2.89. The second-order valence-electron chi connectivity index (χ2n) is 9.13. The summed E-state index contributed by atoms with van der Waals surface area (Å²) in [6, 6.07) is 17.9. The Labute approximate surface area is 229 Å². The van der Waals surface area contributed by atoms with Gasteiger partial charge in [0, 0.05) is 35.2 Å². The van der Waals surface area contributed by atoms with Gasteiger partial charge in [0.2, 0.25) is 4.96 Å². The Morgan fingerprint density at radius 2 is 1.87 bits per heavy atom. The lowest BCUT2D eigenvalue weighted by atomic mass is 9.90. The van der Waals surface area contributed by atoms with Crippen molar-refractivity contribution < 1.29 is 9.59 Å². The number of allylic oxidation sites excluding steroid dienone is 4. The number of imidazole rings is 1. The van der Waals surface area contributed by atoms with Crippen molar-refractivity contribution in [1.82, 2.24) is 14.6 Å². The topological polar surface area (TPSA) is 88.7 Å². The van der Waals surface area contributed by atoms with Crippen LogP contribution in [0.3, 0.4) is 0 Å². The number of nitrogens with one attached hydrogen (secondary N) is 1. The average Bonchev–Trinajstić information content (AvgIpc) is 3.52. The molecule has 2 aromatic carbocycles. The Hall–Kier alpha value is -3.82. The highest BCUT2D eigenvalue weighted by molar-refractivity contribution is 8.04. The molecule has 0 saturated carbocycles. The van der Waals surface area contributed by atoms with Gasteiger partial charge < -0.3 is 5.32 Å². The van der Waals surface area contributed by atoms with Crippen molar-refractivity contribution in [3.05, 3.63) is 87.8 Å². The molecule has 7 nitrogen and oxygen atoms in total. The Kier molecular flexibility index (Phi) is 7.67. The van der Waals surface area contributed by atoms with E-state index in [1.165, 1.54) is 29.2 Å². The lowest BCUT2D eigenvalue weighted by Gasteiger charge is -2.19. The predicted octanol–water partition coefficient (Wildman–Crippen LogP) is 6.36. The highest BCUT2D eigenvalue weighted by atomic mass is 32.2. The van der Waals surface area contributed by atoms with E-state index in [1.807, 2.05) is 74.7 Å². The number of fused-ring (bicyclic) bond motifs is 1. The van der Waals surface area contributed by atoms with Gasteiger partial charge in [-0.1, -0.05) is 67.6 Å². The minimum atomic E-state index is -0.0810. The number of Topliss-reactive ketones (excluding diaryl/α,β-unsaturated/α-hetero) is 1. The maximum atomic E-state index is 12.9. The molecule has 1 aliphatic rings. The number of hydrogen-bond acceptors (Lipinski definition) is 8. The summed E-state index contributed by atoms with van der Waals surface area (Å²) in [5, 5.41) is 7.90. The normalized spacial score (nSPS) is 14.3. The van der Waals surface area contributed by atoms with Crippen LogP contribution in [-0.4, -0.2) is 44.7 Å². The molecule has 0 unspecified atom stereocenters. The first-order chi connectivity index (χ1) is 18.4. The minimum Gasteiger partial charge on any atom is -0.367 e. The van der Waals surface area contributed by atoms with E-state index in [9.17, 15) is 9.59 Å². The number of nitrogens with zero attached hydrogens (tertiary/aromatic N) is 4. The Balaban J connectivity index is 1.29. The number of hydrogen-bond donors (Lipinski definition) is 1. The molecule has 4 aromatic rings. The zero-order chi connectivity index (χ0) is 26.6. The lowest BCUT2D eigenvalue weighted by molar-refractivity contribution is -0.115. The fraction of sp³-hybridized carbons (Fsp3) is 0.207. The number of carbonyl (C=O) groups excluding carboxylic acids is 2. The molecule has 0 amide bonds. The number of rotatable bonds is 9. The molecule has 0 radical (unpaired) electrons. The Bertz CT molecular complexity index is 1580. The summed E-state index contributed by atoms with van der Waals surface area (Å²) in [6.45, 7) is 6.17. The zero-order valence-electron chi connectivity index (χ0n) is 21.3. The first-order valence-corrected chi connectivity index (χ1v) is 14.2. The van der Waals surface area contributed by atoms with Crippen LogP contribution in [0.5, 0.6) is 0 Å². The third kappa shape index (κ3) is 5.39. The monoisotopic (exact) mass is 541 g/mol. The van der Waals surface area contributed by atoms with Crippen LogP contribution >= 0.6 is 23.1 Å². The van der Waals surface area contributed by atoms with Gasteiger partial charge in [-0.2, -0.15) is 9.61 Å². The van der Waals surface area contributed by atoms with E-state index in [0.29, 0.717) is 28.3 Å². The van der Waals surface area contributed by atoms with Gasteiger partial charge >= 0.3 is 0 Å². The molecule has 192 valence electrons. The van der Waals surface area contributed by atoms with Crippen molar-refractivity contribution >= 4 is 57.3 Å². The maximum Gasteiger partial charge on any atom is 0.214 e. The van der Waals surface area contributed by atoms with Gasteiger partial charge in [-0.05, 0) is 36.6 Å². The quantitative estimate of drug-likeness (QED) is 0.151. The molecule has 0 aliphatic heterocycles. The van der Waals surface area contributed by atoms with Gasteiger partial charge in [0.25, 0.3) is 0 Å². The minimum absolute atomic E-state index is 0.0102. The maximum absolute atomic E-state index is 12.9. The van der Waals surface area contributed by atoms with Gasteiger partial charge in [0.05, 0.1) is 10.6 Å². The van der Waals surface area contributed by atoms with E-state index >= 15 is 0 Å². The number of benzene rings is 2. The van der Waals surface area contributed by atoms with Crippen LogP contribution in [0.15, 0.2) is 87.2 Å². The number of aromatic nitrogens is 3. The van der Waals surface area contributed by atoms with Crippen LogP contribution in [0.4, 0.5) is 11.5 Å². The molecule has 0 atom stereocenters. The summed E-state index contributed by atoms with van der Waals surface area (Å²) in [5.74, 6) is 1.30. The van der Waals surface area contributed by atoms with Crippen LogP contribution < -0.4 is 5.32 Å². The molecule has 0 fully saturated rings. The van der Waals surface area contributed by atoms with E-state index in [-0.39, 0.29) is 17.5 Å². The molecule has 1 N–H and O–H groups in total. The SMILES string of the molecule is CC1=C(SCCNc2c(-c3ccc(/N=C\c4ccccc4)cc3)nc3scnn23)C(=O)C(C(C)C)=CC1=O. The van der Waals surface area contributed by atoms with Crippen molar-refractivity contribution in [1.29, 1.82) is 0 Å². The molecular formula is C29H27N5O2S2. The second-order valence-corrected chi connectivity index (χ2v) is 11.1. The number of thioether (sulfide) groups is 1. The van der Waals surface area contributed by atoms with Crippen LogP contribution in [-0.2, 0) is 9.59 Å². The van der Waals surface area contributed by atoms with Crippen LogP contribution in [0.1, 0.15) is 26.3 Å². The van der Waals surface area contributed by atoms with Crippen LogP contribution in [0.2, 0.25) is 0 Å². The molecule has 0 saturated heterocycles. The molecule has 2 aromatic heterocycles. The average molecular weight is 542 g/mol. The zero-order valence-corrected chi connectivity index (χ0v) is 23.0. The number of carbonyl (C=O) groups is 2. The van der Waals surface area contributed by atoms with Crippen molar-refractivity contribution in [3.8, 4) is 11.3 Å². The second kappa shape index (κ2) is 11.3. The highest BCUT2D eigenvalue weighted by Crippen LogP contribution is 2.33. The van der Waals surface area contributed by atoms with E-state index in [0.717, 1.165) is 33.3 Å². The molecule has 38 heavy (non-hydrogen) atoms. The molecule has 0 spiro atoms. The summed E-state index contributed by atoms with van der Waals surface area (Å²) in [5.41, 5.74) is 6.51. The predicted molar refractivity (Wildman–Crippen MR) is 157 cm³/mol. The largest absolute Gasteiger partial charge is 0.367 e. The van der Waals surface area contributed by atoms with E-state index < -0.39 is 0 Å². The van der Waals surface area contributed by atoms with Crippen molar-refractivity contribution in [3.63, 3.8) is 0 Å². The third-order valence-electron chi connectivity index (χ3n) is 6.18. The Morgan fingerprint density at radius 3 is 2.61 bits per heavy atom. The molecule has 0 bridgehead atoms. The summed E-state index contributed by atoms with van der Waals surface area (Å²) in [6.07, 6.45) is 3.33. The molecular weight excluding hydrogens is 514 g/mol. The summed E-state index contributed by atoms with van der Waals surface area (Å²) < 4.78 is 1.80. The number of aliphatic imine (C=N–C) groups is 1. The standard InChI is InChI=1S/C29H27N5O2S2/c1-18(2)23-15-24(35)19(3)27(26(23)36)37-14-13-30-28-25(33-29-34(28)32-17-38-29)21-9-11-22(12-10-21)31-16-20-7-5-4-6-8-20/h4-12,15-18,30H,13-14H2,1-3H3/b31-16-. The van der Waals surface area contributed by atoms with Gasteiger partial charge in [-0.25, -0.2) is 4.98 Å². The molecule has 5 rings (SSSR count). The van der Waals surface area contributed by atoms with Gasteiger partial charge in [0.1, 0.15) is 11.2 Å². The molecule has 1 aliphatic carbocycles. The van der Waals surface area contributed by atoms with Crippen molar-refractivity contribution in [2.24, 2.45) is 10.9 Å². The summed E-state index contributed by atoms with van der Waals surface area (Å²) in [4.78, 5) is 36.0. The first-order valence-electron chi connectivity index (χ1n) is 12.3. The van der Waals surface area contributed by atoms with Gasteiger partial charge in [-0.3, -0.25) is 14.6 Å². The first kappa shape index (κ1) is 25.8. The number of anilines is 1. The van der Waals surface area contributed by atoms with Crippen molar-refractivity contribution in [2.75, 3.05) is 17.6 Å². The van der Waals surface area contributed by atoms with Crippen molar-refractivity contribution in [2.45, 2.75) is 20.8 Å². The van der Waals surface area contributed by atoms with Gasteiger partial charge in [-0.15, -0.1) is 11.8 Å². The van der Waals surface area contributed by atoms with E-state index in [4.69, 9.17) is 4.98 Å². The Morgan fingerprint density at radius 1 is 1.11 bits per heavy atom. The van der Waals surface area contributed by atoms with Crippen LogP contribution in [0.25, 0.3) is 16.2 Å². The fourth-order valence-corrected chi connectivity index (χ4v) is 5.69. The molecule has 2 heterocycles. The van der Waals surface area contributed by atoms with E-state index in [2.05, 4.69) is 15.4 Å². The summed E-state index contributed by atoms with van der Waals surface area (Å²) in [7, 11) is 0. The fourth-order valence-electron chi connectivity index (χ4n) is 4.10. The highest BCUT2D eigenvalue weighted by Gasteiger charge is 2.27. The molecule has 9 heteroatoms. The number of ketones is 2. The lowest BCUT2D eigenvalue weighted by Crippen LogP contribution is -2.20. The smallest absolute Gasteiger partial charge is 0.214 e. The third-order valence-corrected chi connectivity index (χ3v) is 8.04.